The van der Waals surface area contributed by atoms with Gasteiger partial charge in [0.1, 0.15) is 11.0 Å². The molecule has 5 heteroatoms. The SMILES string of the molecule is O=C1N=c2cccnc2=C2N=NC=C12. The number of carbonyl (C=O) groups is 1. The number of rotatable bonds is 0. The third-order valence-corrected chi connectivity index (χ3v) is 2.06. The van der Waals surface area contributed by atoms with Gasteiger partial charge in [-0.2, -0.15) is 5.11 Å². The molecule has 5 nitrogen and oxygen atoms in total. The van der Waals surface area contributed by atoms with Crippen LogP contribution < -0.4 is 10.7 Å². The van der Waals surface area contributed by atoms with Crippen molar-refractivity contribution in [3.05, 3.63) is 40.8 Å². The average molecular weight is 184 g/mol. The summed E-state index contributed by atoms with van der Waals surface area (Å²) in [7, 11) is 0. The van der Waals surface area contributed by atoms with Crippen LogP contribution in [-0.4, -0.2) is 10.9 Å². The molecule has 2 aliphatic heterocycles. The van der Waals surface area contributed by atoms with Gasteiger partial charge in [0, 0.05) is 6.20 Å². The zero-order valence-corrected chi connectivity index (χ0v) is 7.01. The summed E-state index contributed by atoms with van der Waals surface area (Å²) in [6.07, 6.45) is 3.06. The molecule has 0 bridgehead atoms. The molecule has 66 valence electrons. The smallest absolute Gasteiger partial charge is 0.267 e. The molecule has 1 aromatic heterocycles. The molecule has 0 fully saturated rings. The van der Waals surface area contributed by atoms with Crippen molar-refractivity contribution < 1.29 is 4.79 Å². The van der Waals surface area contributed by atoms with Gasteiger partial charge in [-0.25, -0.2) is 4.99 Å². The Hall–Kier alpha value is -2.17. The molecule has 0 atom stereocenters. The van der Waals surface area contributed by atoms with Gasteiger partial charge in [-0.3, -0.25) is 9.78 Å². The number of amides is 1. The topological polar surface area (TPSA) is 67.0 Å². The lowest BCUT2D eigenvalue weighted by atomic mass is 10.1. The molecule has 0 aromatic carbocycles. The van der Waals surface area contributed by atoms with E-state index in [9.17, 15) is 4.79 Å². The summed E-state index contributed by atoms with van der Waals surface area (Å²) in [5.41, 5.74) is 0.955. The Bertz CT molecular complexity index is 612. The maximum atomic E-state index is 11.4. The summed E-state index contributed by atoms with van der Waals surface area (Å²) in [6, 6.07) is 3.47. The van der Waals surface area contributed by atoms with Gasteiger partial charge in [0.2, 0.25) is 0 Å². The lowest BCUT2D eigenvalue weighted by Crippen LogP contribution is -2.35. The Balaban J connectivity index is 2.57. The Morgan fingerprint density at radius 2 is 2.21 bits per heavy atom. The van der Waals surface area contributed by atoms with E-state index in [1.54, 1.807) is 18.3 Å². The van der Waals surface area contributed by atoms with Gasteiger partial charge in [0.15, 0.2) is 0 Å². The van der Waals surface area contributed by atoms with Crippen molar-refractivity contribution in [2.75, 3.05) is 0 Å². The average Bonchev–Trinajstić information content (AvgIpc) is 2.67. The van der Waals surface area contributed by atoms with Crippen molar-refractivity contribution in [2.24, 2.45) is 15.2 Å². The highest BCUT2D eigenvalue weighted by molar-refractivity contribution is 6.07. The molecule has 1 amide bonds. The van der Waals surface area contributed by atoms with Crippen LogP contribution in [0.15, 0.2) is 45.3 Å². The van der Waals surface area contributed by atoms with Crippen LogP contribution >= 0.6 is 0 Å². The van der Waals surface area contributed by atoms with Crippen LogP contribution in [0.5, 0.6) is 0 Å². The molecule has 0 aliphatic carbocycles. The predicted molar refractivity (Wildman–Crippen MR) is 46.4 cm³/mol. The maximum absolute atomic E-state index is 11.4. The second-order valence-electron chi connectivity index (χ2n) is 2.89. The van der Waals surface area contributed by atoms with Crippen LogP contribution in [-0.2, 0) is 4.79 Å². The first-order valence-electron chi connectivity index (χ1n) is 4.06. The fraction of sp³-hybridized carbons (Fsp3) is 0. The molecule has 0 unspecified atom stereocenters. The van der Waals surface area contributed by atoms with E-state index in [2.05, 4.69) is 20.2 Å². The maximum Gasteiger partial charge on any atom is 0.281 e. The first-order valence-corrected chi connectivity index (χ1v) is 4.06. The van der Waals surface area contributed by atoms with Crippen LogP contribution in [0.3, 0.4) is 0 Å². The lowest BCUT2D eigenvalue weighted by Gasteiger charge is -2.01. The summed E-state index contributed by atoms with van der Waals surface area (Å²) in [5.74, 6) is -0.300. The van der Waals surface area contributed by atoms with Gasteiger partial charge in [0.05, 0.1) is 17.1 Å². The summed E-state index contributed by atoms with van der Waals surface area (Å²) < 4.78 is 0. The molecule has 3 rings (SSSR count). The molecule has 0 saturated heterocycles. The summed E-state index contributed by atoms with van der Waals surface area (Å²) in [4.78, 5) is 19.4. The summed E-state index contributed by atoms with van der Waals surface area (Å²) in [5, 5.41) is 8.72. The van der Waals surface area contributed by atoms with Crippen LogP contribution in [0.1, 0.15) is 0 Å². The number of hydrogen-bond acceptors (Lipinski definition) is 4. The van der Waals surface area contributed by atoms with E-state index in [1.807, 2.05) is 0 Å². The molecular weight excluding hydrogens is 180 g/mol. The van der Waals surface area contributed by atoms with Crippen LogP contribution in [0, 0.1) is 0 Å². The van der Waals surface area contributed by atoms with Crippen molar-refractivity contribution in [3.8, 4) is 0 Å². The number of fused-ring (bicyclic) bond motifs is 2. The molecule has 0 N–H and O–H groups in total. The molecule has 2 aliphatic rings. The van der Waals surface area contributed by atoms with E-state index in [-0.39, 0.29) is 5.91 Å². The van der Waals surface area contributed by atoms with E-state index < -0.39 is 0 Å². The number of hydrogen-bond donors (Lipinski definition) is 0. The fourth-order valence-corrected chi connectivity index (χ4v) is 1.43. The van der Waals surface area contributed by atoms with Gasteiger partial charge in [-0.05, 0) is 12.1 Å². The van der Waals surface area contributed by atoms with Crippen LogP contribution in [0.4, 0.5) is 0 Å². The third-order valence-electron chi connectivity index (χ3n) is 2.06. The quantitative estimate of drug-likeness (QED) is 0.555. The minimum atomic E-state index is -0.300. The highest BCUT2D eigenvalue weighted by atomic mass is 16.1. The van der Waals surface area contributed by atoms with E-state index >= 15 is 0 Å². The zero-order chi connectivity index (χ0) is 9.54. The van der Waals surface area contributed by atoms with Gasteiger partial charge >= 0.3 is 0 Å². The Morgan fingerprint density at radius 1 is 1.29 bits per heavy atom. The summed E-state index contributed by atoms with van der Waals surface area (Å²) >= 11 is 0. The standard InChI is InChI=1S/C9H4N4O/c14-9-5-4-11-13-7(5)8-6(12-9)2-1-3-10-8/h1-4H. The second kappa shape index (κ2) is 2.41. The van der Waals surface area contributed by atoms with E-state index in [0.717, 1.165) is 0 Å². The molecule has 3 heterocycles. The van der Waals surface area contributed by atoms with Crippen molar-refractivity contribution in [1.29, 1.82) is 0 Å². The molecule has 14 heavy (non-hydrogen) atoms. The predicted octanol–water partition coefficient (Wildman–Crippen LogP) is -0.301. The summed E-state index contributed by atoms with van der Waals surface area (Å²) in [6.45, 7) is 0. The minimum absolute atomic E-state index is 0.300. The number of pyridine rings is 1. The van der Waals surface area contributed by atoms with Crippen molar-refractivity contribution in [2.45, 2.75) is 0 Å². The number of nitrogens with zero attached hydrogens (tertiary/aromatic N) is 4. The van der Waals surface area contributed by atoms with Gasteiger partial charge in [-0.1, -0.05) is 0 Å². The minimum Gasteiger partial charge on any atom is -0.267 e. The molecule has 0 radical (unpaired) electrons. The van der Waals surface area contributed by atoms with Crippen molar-refractivity contribution in [1.82, 2.24) is 4.98 Å². The number of aromatic nitrogens is 1. The monoisotopic (exact) mass is 184 g/mol. The van der Waals surface area contributed by atoms with Gasteiger partial charge in [0.25, 0.3) is 5.91 Å². The second-order valence-corrected chi connectivity index (χ2v) is 2.89. The largest absolute Gasteiger partial charge is 0.281 e. The van der Waals surface area contributed by atoms with Crippen LogP contribution in [0.25, 0.3) is 5.70 Å². The Morgan fingerprint density at radius 3 is 3.14 bits per heavy atom. The van der Waals surface area contributed by atoms with Crippen molar-refractivity contribution >= 4 is 11.6 Å². The molecule has 0 saturated carbocycles. The normalized spacial score (nSPS) is 17.3. The van der Waals surface area contributed by atoms with E-state index in [4.69, 9.17) is 0 Å². The molecule has 0 spiro atoms. The lowest BCUT2D eigenvalue weighted by molar-refractivity contribution is -0.114. The first kappa shape index (κ1) is 7.25. The zero-order valence-electron chi connectivity index (χ0n) is 7.01. The van der Waals surface area contributed by atoms with E-state index in [1.165, 1.54) is 6.20 Å². The van der Waals surface area contributed by atoms with Crippen molar-refractivity contribution in [3.63, 3.8) is 0 Å². The number of azo groups is 1. The number of carbonyl (C=O) groups excluding carboxylic acids is 1. The Labute approximate surface area is 78.2 Å². The van der Waals surface area contributed by atoms with E-state index in [0.29, 0.717) is 22.0 Å². The highest BCUT2D eigenvalue weighted by Gasteiger charge is 2.22. The van der Waals surface area contributed by atoms with Gasteiger partial charge < -0.3 is 0 Å². The van der Waals surface area contributed by atoms with Gasteiger partial charge in [-0.15, -0.1) is 5.11 Å². The third kappa shape index (κ3) is 0.806. The Kier molecular flexibility index (Phi) is 1.25. The van der Waals surface area contributed by atoms with Crippen LogP contribution in [0.2, 0.25) is 0 Å². The molecular formula is C9H4N4O. The fourth-order valence-electron chi connectivity index (χ4n) is 1.43. The first-order chi connectivity index (χ1) is 6.86. The molecule has 1 aromatic rings. The highest BCUT2D eigenvalue weighted by Crippen LogP contribution is 2.20.